The molecule has 6 nitrogen and oxygen atoms in total. The van der Waals surface area contributed by atoms with Gasteiger partial charge in [-0.3, -0.25) is 4.79 Å². The smallest absolute Gasteiger partial charge is 0.223 e. The average Bonchev–Trinajstić information content (AvgIpc) is 3.29. The number of pyridine rings is 1. The molecule has 0 radical (unpaired) electrons. The van der Waals surface area contributed by atoms with Gasteiger partial charge >= 0.3 is 0 Å². The Bertz CT molecular complexity index is 957. The third kappa shape index (κ3) is 3.64. The lowest BCUT2D eigenvalue weighted by Crippen LogP contribution is -2.25. The highest BCUT2D eigenvalue weighted by molar-refractivity contribution is 5.77. The molecule has 6 heteroatoms. The van der Waals surface area contributed by atoms with Crippen LogP contribution in [0.25, 0.3) is 11.2 Å². The molecular formula is C22H26N4O2. The molecule has 0 N–H and O–H groups in total. The zero-order valence-corrected chi connectivity index (χ0v) is 16.5. The van der Waals surface area contributed by atoms with Gasteiger partial charge in [0, 0.05) is 39.2 Å². The van der Waals surface area contributed by atoms with Crippen molar-refractivity contribution in [2.24, 2.45) is 0 Å². The molecule has 0 aliphatic carbocycles. The summed E-state index contributed by atoms with van der Waals surface area (Å²) in [5.41, 5.74) is 4.29. The van der Waals surface area contributed by atoms with Crippen molar-refractivity contribution in [3.05, 3.63) is 59.5 Å². The Kier molecular flexibility index (Phi) is 5.39. The topological polar surface area (TPSA) is 60.2 Å². The number of benzene rings is 1. The van der Waals surface area contributed by atoms with Gasteiger partial charge in [0.05, 0.1) is 12.6 Å². The summed E-state index contributed by atoms with van der Waals surface area (Å²) >= 11 is 0. The maximum atomic E-state index is 12.7. The van der Waals surface area contributed by atoms with Crippen LogP contribution in [0.3, 0.4) is 0 Å². The number of nitrogens with zero attached hydrogens (tertiary/aromatic N) is 4. The first-order valence-corrected chi connectivity index (χ1v) is 9.82. The van der Waals surface area contributed by atoms with Crippen molar-refractivity contribution < 1.29 is 9.53 Å². The van der Waals surface area contributed by atoms with Crippen LogP contribution in [-0.4, -0.2) is 39.1 Å². The molecule has 0 fully saturated rings. The molecule has 1 aromatic carbocycles. The Morgan fingerprint density at radius 2 is 1.93 bits per heavy atom. The summed E-state index contributed by atoms with van der Waals surface area (Å²) in [6.07, 6.45) is 3.84. The van der Waals surface area contributed by atoms with E-state index in [0.29, 0.717) is 13.0 Å². The van der Waals surface area contributed by atoms with Gasteiger partial charge in [0.25, 0.3) is 0 Å². The van der Waals surface area contributed by atoms with Gasteiger partial charge in [0.2, 0.25) is 5.91 Å². The number of methoxy groups -OCH3 is 1. The maximum absolute atomic E-state index is 12.7. The van der Waals surface area contributed by atoms with Gasteiger partial charge < -0.3 is 14.2 Å². The first-order chi connectivity index (χ1) is 13.7. The van der Waals surface area contributed by atoms with Crippen molar-refractivity contribution in [3.63, 3.8) is 0 Å². The molecule has 146 valence electrons. The Morgan fingerprint density at radius 1 is 1.18 bits per heavy atom. The second kappa shape index (κ2) is 8.10. The number of aryl methyl sites for hydroxylation is 1. The van der Waals surface area contributed by atoms with E-state index in [1.54, 1.807) is 13.3 Å². The molecule has 1 amide bonds. The predicted octanol–water partition coefficient (Wildman–Crippen LogP) is 3.50. The monoisotopic (exact) mass is 378 g/mol. The van der Waals surface area contributed by atoms with Gasteiger partial charge in [0.1, 0.15) is 11.3 Å². The Labute approximate surface area is 165 Å². The Morgan fingerprint density at radius 3 is 2.64 bits per heavy atom. The molecule has 4 rings (SSSR count). The van der Waals surface area contributed by atoms with Gasteiger partial charge in [-0.1, -0.05) is 24.3 Å². The van der Waals surface area contributed by atoms with E-state index in [2.05, 4.69) is 28.6 Å². The van der Waals surface area contributed by atoms with E-state index in [1.165, 1.54) is 11.1 Å². The minimum atomic E-state index is 0.142. The zero-order chi connectivity index (χ0) is 19.5. The summed E-state index contributed by atoms with van der Waals surface area (Å²) in [5.74, 6) is 1.18. The summed E-state index contributed by atoms with van der Waals surface area (Å²) in [7, 11) is 1.70. The van der Waals surface area contributed by atoms with Crippen LogP contribution in [0.4, 0.5) is 0 Å². The molecule has 1 aliphatic heterocycles. The average molecular weight is 378 g/mol. The fourth-order valence-electron chi connectivity index (χ4n) is 4.00. The summed E-state index contributed by atoms with van der Waals surface area (Å²) in [6.45, 7) is 4.15. The number of carbonyl (C=O) groups excluding carboxylic acids is 1. The molecule has 0 saturated carbocycles. The standard InChI is InChI=1S/C22H26N4O2/c1-16(15-28-2)26-20(24-19-9-6-12-23-22(19)26)10-5-11-21(27)25-13-17-7-3-4-8-18(17)14-25/h3-4,6-9,12,16H,5,10-11,13-15H2,1-2H3. The fraction of sp³-hybridized carbons (Fsp3) is 0.409. The van der Waals surface area contributed by atoms with Crippen molar-refractivity contribution in [3.8, 4) is 0 Å². The van der Waals surface area contributed by atoms with Gasteiger partial charge in [-0.2, -0.15) is 0 Å². The van der Waals surface area contributed by atoms with Crippen LogP contribution < -0.4 is 0 Å². The Balaban J connectivity index is 1.42. The number of hydrogen-bond acceptors (Lipinski definition) is 4. The summed E-state index contributed by atoms with van der Waals surface area (Å²) in [4.78, 5) is 23.9. The van der Waals surface area contributed by atoms with Crippen LogP contribution in [0.2, 0.25) is 0 Å². The lowest BCUT2D eigenvalue weighted by molar-refractivity contribution is -0.131. The molecular weight excluding hydrogens is 352 g/mol. The minimum Gasteiger partial charge on any atom is -0.383 e. The third-order valence-corrected chi connectivity index (χ3v) is 5.36. The molecule has 0 saturated heterocycles. The first kappa shape index (κ1) is 18.6. The quantitative estimate of drug-likeness (QED) is 0.631. The van der Waals surface area contributed by atoms with Crippen molar-refractivity contribution in [2.45, 2.75) is 45.3 Å². The molecule has 1 unspecified atom stereocenters. The number of hydrogen-bond donors (Lipinski definition) is 0. The highest BCUT2D eigenvalue weighted by atomic mass is 16.5. The van der Waals surface area contributed by atoms with Crippen LogP contribution in [0.1, 0.15) is 42.8 Å². The largest absolute Gasteiger partial charge is 0.383 e. The lowest BCUT2D eigenvalue weighted by Gasteiger charge is -2.17. The fourth-order valence-corrected chi connectivity index (χ4v) is 4.00. The van der Waals surface area contributed by atoms with Gasteiger partial charge in [0.15, 0.2) is 5.65 Å². The van der Waals surface area contributed by atoms with Crippen LogP contribution in [0.15, 0.2) is 42.6 Å². The zero-order valence-electron chi connectivity index (χ0n) is 16.5. The first-order valence-electron chi connectivity index (χ1n) is 9.82. The highest BCUT2D eigenvalue weighted by Gasteiger charge is 2.23. The second-order valence-corrected chi connectivity index (χ2v) is 7.42. The number of fused-ring (bicyclic) bond motifs is 2. The minimum absolute atomic E-state index is 0.142. The lowest BCUT2D eigenvalue weighted by atomic mass is 10.1. The van der Waals surface area contributed by atoms with Gasteiger partial charge in [-0.15, -0.1) is 0 Å². The van der Waals surface area contributed by atoms with Crippen LogP contribution >= 0.6 is 0 Å². The van der Waals surface area contributed by atoms with E-state index in [1.807, 2.05) is 29.2 Å². The van der Waals surface area contributed by atoms with Gasteiger partial charge in [-0.25, -0.2) is 9.97 Å². The van der Waals surface area contributed by atoms with Crippen molar-refractivity contribution in [2.75, 3.05) is 13.7 Å². The number of ether oxygens (including phenoxy) is 1. The number of carbonyl (C=O) groups is 1. The highest BCUT2D eigenvalue weighted by Crippen LogP contribution is 2.24. The summed E-state index contributed by atoms with van der Waals surface area (Å²) in [5, 5.41) is 0. The summed E-state index contributed by atoms with van der Waals surface area (Å²) in [6, 6.07) is 12.3. The van der Waals surface area contributed by atoms with Crippen molar-refractivity contribution in [1.29, 1.82) is 0 Å². The van der Waals surface area contributed by atoms with Crippen LogP contribution in [0, 0.1) is 0 Å². The molecule has 3 heterocycles. The molecule has 0 spiro atoms. The molecule has 3 aromatic rings. The molecule has 1 atom stereocenters. The molecule has 28 heavy (non-hydrogen) atoms. The van der Waals surface area contributed by atoms with E-state index < -0.39 is 0 Å². The molecule has 2 aromatic heterocycles. The van der Waals surface area contributed by atoms with Crippen molar-refractivity contribution >= 4 is 17.1 Å². The van der Waals surface area contributed by atoms with E-state index in [-0.39, 0.29) is 11.9 Å². The van der Waals surface area contributed by atoms with E-state index in [0.717, 1.165) is 42.9 Å². The van der Waals surface area contributed by atoms with Crippen LogP contribution in [-0.2, 0) is 29.0 Å². The molecule has 1 aliphatic rings. The second-order valence-electron chi connectivity index (χ2n) is 7.42. The van der Waals surface area contributed by atoms with E-state index in [9.17, 15) is 4.79 Å². The summed E-state index contributed by atoms with van der Waals surface area (Å²) < 4.78 is 7.48. The maximum Gasteiger partial charge on any atom is 0.223 e. The van der Waals surface area contributed by atoms with E-state index >= 15 is 0 Å². The predicted molar refractivity (Wildman–Crippen MR) is 108 cm³/mol. The number of rotatable bonds is 7. The SMILES string of the molecule is COCC(C)n1c(CCCC(=O)N2Cc3ccccc3C2)nc2cccnc21. The Hall–Kier alpha value is -2.73. The number of imidazole rings is 1. The van der Waals surface area contributed by atoms with Gasteiger partial charge in [-0.05, 0) is 36.6 Å². The van der Waals surface area contributed by atoms with Crippen LogP contribution in [0.5, 0.6) is 0 Å². The molecule has 0 bridgehead atoms. The van der Waals surface area contributed by atoms with Crippen molar-refractivity contribution in [1.82, 2.24) is 19.4 Å². The number of amides is 1. The third-order valence-electron chi connectivity index (χ3n) is 5.36. The number of aromatic nitrogens is 3. The normalized spacial score (nSPS) is 14.4. The van der Waals surface area contributed by atoms with E-state index in [4.69, 9.17) is 9.72 Å².